The largest absolute Gasteiger partial charge is 0.316 e. The van der Waals surface area contributed by atoms with Crippen LogP contribution in [0, 0.1) is 13.8 Å². The molecule has 0 bridgehead atoms. The van der Waals surface area contributed by atoms with Crippen LogP contribution in [0.15, 0.2) is 50.9 Å². The van der Waals surface area contributed by atoms with Crippen molar-refractivity contribution in [1.29, 1.82) is 0 Å². The summed E-state index contributed by atoms with van der Waals surface area (Å²) in [5.41, 5.74) is 1.82. The number of hydrogen-bond donors (Lipinski definition) is 1. The van der Waals surface area contributed by atoms with Gasteiger partial charge in [-0.15, -0.1) is 0 Å². The number of hydrogen-bond acceptors (Lipinski definition) is 4. The van der Waals surface area contributed by atoms with Crippen LogP contribution >= 0.6 is 0 Å². The predicted molar refractivity (Wildman–Crippen MR) is 101 cm³/mol. The molecule has 0 atom stereocenters. The zero-order valence-electron chi connectivity index (χ0n) is 14.9. The molecule has 1 N–H and O–H groups in total. The molecule has 0 aliphatic carbocycles. The van der Waals surface area contributed by atoms with E-state index in [0.717, 1.165) is 15.7 Å². The van der Waals surface area contributed by atoms with E-state index in [9.17, 15) is 18.0 Å². The number of nitrogens with one attached hydrogen (secondary N) is 1. The number of anilines is 1. The summed E-state index contributed by atoms with van der Waals surface area (Å²) in [6.07, 6.45) is 0. The average molecular weight is 373 g/mol. The van der Waals surface area contributed by atoms with Crippen molar-refractivity contribution in [2.24, 2.45) is 14.1 Å². The van der Waals surface area contributed by atoms with Gasteiger partial charge in [0.05, 0.1) is 15.9 Å². The summed E-state index contributed by atoms with van der Waals surface area (Å²) in [7, 11) is -0.919. The zero-order valence-corrected chi connectivity index (χ0v) is 15.7. The zero-order chi connectivity index (χ0) is 19.2. The van der Waals surface area contributed by atoms with Crippen LogP contribution < -0.4 is 15.8 Å². The molecule has 1 aromatic heterocycles. The molecule has 1 heterocycles. The highest BCUT2D eigenvalue weighted by atomic mass is 32.2. The Kier molecular flexibility index (Phi) is 4.23. The SMILES string of the molecule is Cc1cc(C)cc(NS(=O)(=O)c2ccc3c(c2)n(C)c(=O)c(=O)n3C)c1. The number of aryl methyl sites for hydroxylation is 4. The van der Waals surface area contributed by atoms with Gasteiger partial charge in [0.1, 0.15) is 0 Å². The Balaban J connectivity index is 2.15. The molecule has 0 aliphatic rings. The summed E-state index contributed by atoms with van der Waals surface area (Å²) in [4.78, 5) is 23.9. The first-order valence-corrected chi connectivity index (χ1v) is 9.39. The smallest absolute Gasteiger partial charge is 0.305 e. The lowest BCUT2D eigenvalue weighted by molar-refractivity contribution is 0.601. The van der Waals surface area contributed by atoms with Crippen molar-refractivity contribution in [3.8, 4) is 0 Å². The van der Waals surface area contributed by atoms with E-state index in [0.29, 0.717) is 16.7 Å². The lowest BCUT2D eigenvalue weighted by Crippen LogP contribution is -2.39. The maximum atomic E-state index is 12.7. The first kappa shape index (κ1) is 17.9. The quantitative estimate of drug-likeness (QED) is 0.707. The third kappa shape index (κ3) is 3.03. The minimum atomic E-state index is -3.84. The van der Waals surface area contributed by atoms with Crippen molar-refractivity contribution >= 4 is 26.7 Å². The molecule has 7 nitrogen and oxygen atoms in total. The van der Waals surface area contributed by atoms with Gasteiger partial charge in [-0.1, -0.05) is 6.07 Å². The summed E-state index contributed by atoms with van der Waals surface area (Å²) in [5, 5.41) is 0. The molecule has 0 amide bonds. The average Bonchev–Trinajstić information content (AvgIpc) is 2.56. The summed E-state index contributed by atoms with van der Waals surface area (Å²) in [5.74, 6) is 0. The van der Waals surface area contributed by atoms with Crippen molar-refractivity contribution in [2.75, 3.05) is 4.72 Å². The molecule has 136 valence electrons. The van der Waals surface area contributed by atoms with E-state index in [1.165, 1.54) is 36.9 Å². The van der Waals surface area contributed by atoms with Gasteiger partial charge >= 0.3 is 11.1 Å². The Morgan fingerprint density at radius 1 is 0.808 bits per heavy atom. The second kappa shape index (κ2) is 6.14. The topological polar surface area (TPSA) is 90.2 Å². The van der Waals surface area contributed by atoms with E-state index < -0.39 is 21.1 Å². The number of fused-ring (bicyclic) bond motifs is 1. The third-order valence-corrected chi connectivity index (χ3v) is 5.62. The van der Waals surface area contributed by atoms with Gasteiger partial charge in [0.2, 0.25) is 0 Å². The molecular weight excluding hydrogens is 354 g/mol. The van der Waals surface area contributed by atoms with Crippen molar-refractivity contribution < 1.29 is 8.42 Å². The van der Waals surface area contributed by atoms with Crippen molar-refractivity contribution in [1.82, 2.24) is 9.13 Å². The molecule has 3 rings (SSSR count). The summed E-state index contributed by atoms with van der Waals surface area (Å²) >= 11 is 0. The van der Waals surface area contributed by atoms with Crippen molar-refractivity contribution in [3.05, 3.63) is 68.2 Å². The highest BCUT2D eigenvalue weighted by Gasteiger charge is 2.17. The van der Waals surface area contributed by atoms with Crippen LogP contribution in [0.25, 0.3) is 11.0 Å². The Hall–Kier alpha value is -2.87. The molecular formula is C18H19N3O4S. The van der Waals surface area contributed by atoms with Crippen LogP contribution in [0.3, 0.4) is 0 Å². The molecule has 26 heavy (non-hydrogen) atoms. The van der Waals surface area contributed by atoms with Gasteiger partial charge in [0.25, 0.3) is 10.0 Å². The summed E-state index contributed by atoms with van der Waals surface area (Å²) < 4.78 is 30.4. The van der Waals surface area contributed by atoms with Crippen LogP contribution in [-0.4, -0.2) is 17.6 Å². The number of sulfonamides is 1. The van der Waals surface area contributed by atoms with E-state index in [-0.39, 0.29) is 4.90 Å². The van der Waals surface area contributed by atoms with Crippen LogP contribution in [-0.2, 0) is 24.1 Å². The van der Waals surface area contributed by atoms with Crippen LogP contribution in [0.4, 0.5) is 5.69 Å². The fourth-order valence-electron chi connectivity index (χ4n) is 2.98. The van der Waals surface area contributed by atoms with E-state index in [1.54, 1.807) is 12.1 Å². The Morgan fingerprint density at radius 2 is 1.35 bits per heavy atom. The highest BCUT2D eigenvalue weighted by Crippen LogP contribution is 2.21. The summed E-state index contributed by atoms with van der Waals surface area (Å²) in [6, 6.07) is 9.75. The maximum absolute atomic E-state index is 12.7. The van der Waals surface area contributed by atoms with Gasteiger partial charge in [0.15, 0.2) is 0 Å². The van der Waals surface area contributed by atoms with E-state index in [1.807, 2.05) is 19.9 Å². The summed E-state index contributed by atoms with van der Waals surface area (Å²) in [6.45, 7) is 3.77. The molecule has 0 aliphatic heterocycles. The third-order valence-electron chi connectivity index (χ3n) is 4.25. The normalized spacial score (nSPS) is 11.7. The lowest BCUT2D eigenvalue weighted by Gasteiger charge is -2.13. The molecule has 8 heteroatoms. The van der Waals surface area contributed by atoms with Crippen LogP contribution in [0.2, 0.25) is 0 Å². The van der Waals surface area contributed by atoms with E-state index in [4.69, 9.17) is 0 Å². The number of rotatable bonds is 3. The Bertz CT molecular complexity index is 1230. The van der Waals surface area contributed by atoms with Gasteiger partial charge in [0, 0.05) is 19.8 Å². The number of nitrogens with zero attached hydrogens (tertiary/aromatic N) is 2. The standard InChI is InChI=1S/C18H19N3O4S/c1-11-7-12(2)9-13(8-11)19-26(24,25)14-5-6-15-16(10-14)21(4)18(23)17(22)20(15)3/h5-10,19H,1-4H3. The number of aromatic nitrogens is 2. The molecule has 2 aromatic carbocycles. The van der Waals surface area contributed by atoms with Crippen LogP contribution in [0.1, 0.15) is 11.1 Å². The Morgan fingerprint density at radius 3 is 1.92 bits per heavy atom. The maximum Gasteiger partial charge on any atom is 0.316 e. The van der Waals surface area contributed by atoms with Gasteiger partial charge in [-0.3, -0.25) is 14.3 Å². The number of benzene rings is 2. The molecule has 3 aromatic rings. The fourth-order valence-corrected chi connectivity index (χ4v) is 4.04. The first-order chi connectivity index (χ1) is 12.1. The Labute approximate surface area is 150 Å². The molecule has 0 radical (unpaired) electrons. The van der Waals surface area contributed by atoms with E-state index in [2.05, 4.69) is 4.72 Å². The predicted octanol–water partition coefficient (Wildman–Crippen LogP) is 1.65. The minimum absolute atomic E-state index is 0.0119. The van der Waals surface area contributed by atoms with Crippen molar-refractivity contribution in [3.63, 3.8) is 0 Å². The first-order valence-electron chi connectivity index (χ1n) is 7.91. The van der Waals surface area contributed by atoms with Gasteiger partial charge in [-0.05, 0) is 55.3 Å². The molecule has 0 fully saturated rings. The molecule has 0 unspecified atom stereocenters. The minimum Gasteiger partial charge on any atom is -0.305 e. The second-order valence-corrected chi connectivity index (χ2v) is 8.04. The monoisotopic (exact) mass is 373 g/mol. The van der Waals surface area contributed by atoms with E-state index >= 15 is 0 Å². The van der Waals surface area contributed by atoms with Crippen LogP contribution in [0.5, 0.6) is 0 Å². The molecule has 0 saturated carbocycles. The fraction of sp³-hybridized carbons (Fsp3) is 0.222. The lowest BCUT2D eigenvalue weighted by atomic mass is 10.1. The highest BCUT2D eigenvalue weighted by molar-refractivity contribution is 7.92. The van der Waals surface area contributed by atoms with Gasteiger partial charge in [-0.25, -0.2) is 8.42 Å². The molecule has 0 saturated heterocycles. The van der Waals surface area contributed by atoms with Crippen molar-refractivity contribution in [2.45, 2.75) is 18.7 Å². The second-order valence-electron chi connectivity index (χ2n) is 6.36. The molecule has 0 spiro atoms. The van der Waals surface area contributed by atoms with Gasteiger partial charge in [-0.2, -0.15) is 0 Å². The van der Waals surface area contributed by atoms with Gasteiger partial charge < -0.3 is 9.13 Å².